The lowest BCUT2D eigenvalue weighted by molar-refractivity contribution is -0.138. The maximum absolute atomic E-state index is 11.2. The van der Waals surface area contributed by atoms with E-state index in [1.165, 1.54) is 7.11 Å². The van der Waals surface area contributed by atoms with Crippen molar-refractivity contribution in [3.63, 3.8) is 0 Å². The van der Waals surface area contributed by atoms with Crippen LogP contribution in [0.3, 0.4) is 0 Å². The van der Waals surface area contributed by atoms with Crippen LogP contribution in [0, 0.1) is 0 Å². The Balaban J connectivity index is 2.83. The van der Waals surface area contributed by atoms with Crippen molar-refractivity contribution >= 4 is 27.7 Å². The van der Waals surface area contributed by atoms with Crippen molar-refractivity contribution in [3.8, 4) is 0 Å². The third-order valence-corrected chi connectivity index (χ3v) is 2.59. The Morgan fingerprint density at radius 1 is 1.67 bits per heavy atom. The highest BCUT2D eigenvalue weighted by Crippen LogP contribution is 2.22. The van der Waals surface area contributed by atoms with Gasteiger partial charge in [0.25, 0.3) is 0 Å². The van der Waals surface area contributed by atoms with Crippen molar-refractivity contribution in [2.75, 3.05) is 25.1 Å². The van der Waals surface area contributed by atoms with Crippen molar-refractivity contribution in [2.45, 2.75) is 6.92 Å². The van der Waals surface area contributed by atoms with Gasteiger partial charge in [0, 0.05) is 12.7 Å². The van der Waals surface area contributed by atoms with Crippen LogP contribution >= 0.6 is 15.9 Å². The van der Waals surface area contributed by atoms with Gasteiger partial charge < -0.3 is 9.64 Å². The monoisotopic (exact) mass is 272 g/mol. The molecule has 0 aliphatic rings. The maximum atomic E-state index is 11.2. The number of methoxy groups -OCH3 is 1. The van der Waals surface area contributed by atoms with E-state index in [9.17, 15) is 4.79 Å². The molecule has 0 radical (unpaired) electrons. The van der Waals surface area contributed by atoms with E-state index in [4.69, 9.17) is 0 Å². The summed E-state index contributed by atoms with van der Waals surface area (Å²) in [6, 6.07) is 3.72. The summed E-state index contributed by atoms with van der Waals surface area (Å²) >= 11 is 3.39. The van der Waals surface area contributed by atoms with Crippen molar-refractivity contribution in [1.82, 2.24) is 4.98 Å². The van der Waals surface area contributed by atoms with Gasteiger partial charge in [0.2, 0.25) is 0 Å². The largest absolute Gasteiger partial charge is 0.468 e. The minimum atomic E-state index is -0.269. The Morgan fingerprint density at radius 2 is 2.40 bits per heavy atom. The van der Waals surface area contributed by atoms with Crippen molar-refractivity contribution in [2.24, 2.45) is 0 Å². The molecule has 0 spiro atoms. The third-order valence-electron chi connectivity index (χ3n) is 1.97. The summed E-state index contributed by atoms with van der Waals surface area (Å²) in [6.07, 6.45) is 1.69. The van der Waals surface area contributed by atoms with Crippen LogP contribution in [-0.2, 0) is 9.53 Å². The van der Waals surface area contributed by atoms with Crippen LogP contribution in [0.15, 0.2) is 22.8 Å². The fourth-order valence-electron chi connectivity index (χ4n) is 1.17. The fraction of sp³-hybridized carbons (Fsp3) is 0.400. The molecule has 0 unspecified atom stereocenters. The number of ether oxygens (including phenoxy) is 1. The predicted octanol–water partition coefficient (Wildman–Crippen LogP) is 1.84. The molecule has 0 atom stereocenters. The Bertz CT molecular complexity index is 344. The summed E-state index contributed by atoms with van der Waals surface area (Å²) in [5, 5.41) is 0. The van der Waals surface area contributed by atoms with Crippen molar-refractivity contribution in [3.05, 3.63) is 22.8 Å². The first kappa shape index (κ1) is 12.0. The molecule has 1 heterocycles. The molecule has 0 saturated heterocycles. The minimum Gasteiger partial charge on any atom is -0.468 e. The molecule has 1 aromatic rings. The molecule has 82 valence electrons. The van der Waals surface area contributed by atoms with Gasteiger partial charge in [-0.15, -0.1) is 0 Å². The number of carbonyl (C=O) groups is 1. The van der Waals surface area contributed by atoms with Crippen LogP contribution in [0.25, 0.3) is 0 Å². The van der Waals surface area contributed by atoms with Gasteiger partial charge in [-0.2, -0.15) is 0 Å². The number of hydrogen-bond donors (Lipinski definition) is 0. The first-order chi connectivity index (χ1) is 7.19. The minimum absolute atomic E-state index is 0.211. The molecule has 0 aromatic carbocycles. The fourth-order valence-corrected chi connectivity index (χ4v) is 1.67. The average Bonchev–Trinajstić information content (AvgIpc) is 2.26. The summed E-state index contributed by atoms with van der Waals surface area (Å²) in [4.78, 5) is 17.2. The number of rotatable bonds is 4. The zero-order chi connectivity index (χ0) is 11.3. The molecule has 0 saturated carbocycles. The summed E-state index contributed by atoms with van der Waals surface area (Å²) in [6.45, 7) is 2.87. The first-order valence-corrected chi connectivity index (χ1v) is 5.40. The topological polar surface area (TPSA) is 42.4 Å². The van der Waals surface area contributed by atoms with E-state index in [-0.39, 0.29) is 12.5 Å². The highest BCUT2D eigenvalue weighted by Gasteiger charge is 2.13. The molecule has 1 rings (SSSR count). The predicted molar refractivity (Wildman–Crippen MR) is 61.8 cm³/mol. The molecule has 15 heavy (non-hydrogen) atoms. The van der Waals surface area contributed by atoms with E-state index in [2.05, 4.69) is 25.7 Å². The van der Waals surface area contributed by atoms with E-state index < -0.39 is 0 Å². The number of nitrogens with zero attached hydrogens (tertiary/aromatic N) is 2. The molecule has 0 bridgehead atoms. The van der Waals surface area contributed by atoms with Gasteiger partial charge >= 0.3 is 5.97 Å². The van der Waals surface area contributed by atoms with Gasteiger partial charge in [-0.3, -0.25) is 4.79 Å². The second-order valence-electron chi connectivity index (χ2n) is 2.90. The first-order valence-electron chi connectivity index (χ1n) is 4.61. The second kappa shape index (κ2) is 5.70. The zero-order valence-electron chi connectivity index (χ0n) is 8.74. The molecule has 0 amide bonds. The highest BCUT2D eigenvalue weighted by molar-refractivity contribution is 9.10. The number of hydrogen-bond acceptors (Lipinski definition) is 4. The standard InChI is InChI=1S/C10H13BrN2O2/c1-3-13(7-9(14)15-2)10-8(11)5-4-6-12-10/h4-6H,3,7H2,1-2H3. The van der Waals surface area contributed by atoms with Gasteiger partial charge in [0.1, 0.15) is 12.4 Å². The van der Waals surface area contributed by atoms with Crippen molar-refractivity contribution < 1.29 is 9.53 Å². The van der Waals surface area contributed by atoms with Gasteiger partial charge in [-0.25, -0.2) is 4.98 Å². The van der Waals surface area contributed by atoms with E-state index in [0.717, 1.165) is 10.3 Å². The third kappa shape index (κ3) is 3.20. The zero-order valence-corrected chi connectivity index (χ0v) is 10.3. The summed E-state index contributed by atoms with van der Waals surface area (Å²) in [7, 11) is 1.38. The van der Waals surface area contributed by atoms with Gasteiger partial charge in [-0.05, 0) is 35.0 Å². The molecule has 1 aromatic heterocycles. The molecule has 0 fully saturated rings. The second-order valence-corrected chi connectivity index (χ2v) is 3.75. The quantitative estimate of drug-likeness (QED) is 0.785. The molecule has 5 heteroatoms. The van der Waals surface area contributed by atoms with Crippen LogP contribution in [0.4, 0.5) is 5.82 Å². The summed E-state index contributed by atoms with van der Waals surface area (Å²) in [5.41, 5.74) is 0. The lowest BCUT2D eigenvalue weighted by Gasteiger charge is -2.21. The smallest absolute Gasteiger partial charge is 0.325 e. The average molecular weight is 273 g/mol. The number of carbonyl (C=O) groups excluding carboxylic acids is 1. The number of likely N-dealkylation sites (N-methyl/N-ethyl adjacent to an activating group) is 1. The molecule has 0 aliphatic heterocycles. The Labute approximate surface area is 97.4 Å². The van der Waals surface area contributed by atoms with Crippen LogP contribution in [0.1, 0.15) is 6.92 Å². The lowest BCUT2D eigenvalue weighted by atomic mass is 10.4. The van der Waals surface area contributed by atoms with E-state index in [0.29, 0.717) is 6.54 Å². The SMILES string of the molecule is CCN(CC(=O)OC)c1ncccc1Br. The molecule has 4 nitrogen and oxygen atoms in total. The van der Waals surface area contributed by atoms with Gasteiger partial charge in [0.15, 0.2) is 0 Å². The number of anilines is 1. The van der Waals surface area contributed by atoms with Crippen LogP contribution in [0.5, 0.6) is 0 Å². The van der Waals surface area contributed by atoms with E-state index >= 15 is 0 Å². The van der Waals surface area contributed by atoms with Crippen LogP contribution < -0.4 is 4.90 Å². The van der Waals surface area contributed by atoms with Crippen molar-refractivity contribution in [1.29, 1.82) is 0 Å². The van der Waals surface area contributed by atoms with E-state index in [1.54, 1.807) is 6.20 Å². The summed E-state index contributed by atoms with van der Waals surface area (Å²) in [5.74, 6) is 0.486. The Hall–Kier alpha value is -1.10. The maximum Gasteiger partial charge on any atom is 0.325 e. The highest BCUT2D eigenvalue weighted by atomic mass is 79.9. The van der Waals surface area contributed by atoms with E-state index in [1.807, 2.05) is 24.0 Å². The summed E-state index contributed by atoms with van der Waals surface area (Å²) < 4.78 is 5.49. The lowest BCUT2D eigenvalue weighted by Crippen LogP contribution is -2.31. The molecular formula is C10H13BrN2O2. The number of halogens is 1. The van der Waals surface area contributed by atoms with Crippen LogP contribution in [0.2, 0.25) is 0 Å². The van der Waals surface area contributed by atoms with Gasteiger partial charge in [0.05, 0.1) is 11.6 Å². The normalized spacial score (nSPS) is 9.80. The van der Waals surface area contributed by atoms with Gasteiger partial charge in [-0.1, -0.05) is 0 Å². The molecular weight excluding hydrogens is 260 g/mol. The van der Waals surface area contributed by atoms with Crippen LogP contribution in [-0.4, -0.2) is 31.2 Å². The number of esters is 1. The number of pyridine rings is 1. The Kier molecular flexibility index (Phi) is 4.55. The Morgan fingerprint density at radius 3 is 2.93 bits per heavy atom. The molecule has 0 N–H and O–H groups in total. The molecule has 0 aliphatic carbocycles. The number of aromatic nitrogens is 1.